The SMILES string of the molecule is CCCCCCCCCC(=O)OC(C)C(C)OC(=O)c1ccc(C2OCC(CCCC)CO2)cc1. The van der Waals surface area contributed by atoms with Crippen LogP contribution in [-0.4, -0.2) is 37.4 Å². The predicted octanol–water partition coefficient (Wildman–Crippen LogP) is 7.16. The Labute approximate surface area is 212 Å². The predicted molar refractivity (Wildman–Crippen MR) is 137 cm³/mol. The van der Waals surface area contributed by atoms with E-state index in [1.165, 1.54) is 38.5 Å². The second-order valence-corrected chi connectivity index (χ2v) is 9.81. The van der Waals surface area contributed by atoms with Crippen LogP contribution in [0.5, 0.6) is 0 Å². The summed E-state index contributed by atoms with van der Waals surface area (Å²) in [4.78, 5) is 24.7. The maximum absolute atomic E-state index is 12.6. The molecule has 0 N–H and O–H groups in total. The molecule has 0 radical (unpaired) electrons. The second-order valence-electron chi connectivity index (χ2n) is 9.81. The van der Waals surface area contributed by atoms with Gasteiger partial charge in [-0.25, -0.2) is 4.79 Å². The van der Waals surface area contributed by atoms with Crippen LogP contribution in [0.3, 0.4) is 0 Å². The normalized spacial score (nSPS) is 19.7. The fourth-order valence-electron chi connectivity index (χ4n) is 4.09. The third-order valence-electron chi connectivity index (χ3n) is 6.61. The van der Waals surface area contributed by atoms with Crippen molar-refractivity contribution >= 4 is 11.9 Å². The lowest BCUT2D eigenvalue weighted by molar-refractivity contribution is -0.206. The Balaban J connectivity index is 1.69. The van der Waals surface area contributed by atoms with Gasteiger partial charge in [-0.05, 0) is 38.8 Å². The molecule has 2 rings (SSSR count). The summed E-state index contributed by atoms with van der Waals surface area (Å²) >= 11 is 0. The average Bonchev–Trinajstić information content (AvgIpc) is 2.87. The summed E-state index contributed by atoms with van der Waals surface area (Å²) < 4.78 is 22.8. The Hall–Kier alpha value is -1.92. The number of carbonyl (C=O) groups is 2. The van der Waals surface area contributed by atoms with E-state index in [9.17, 15) is 9.59 Å². The molecule has 0 saturated carbocycles. The Bertz CT molecular complexity index is 723. The smallest absolute Gasteiger partial charge is 0.338 e. The van der Waals surface area contributed by atoms with Crippen molar-refractivity contribution in [3.8, 4) is 0 Å². The number of ether oxygens (including phenoxy) is 4. The minimum atomic E-state index is -0.537. The molecule has 6 nitrogen and oxygen atoms in total. The minimum absolute atomic E-state index is 0.234. The van der Waals surface area contributed by atoms with Crippen LogP contribution >= 0.6 is 0 Å². The molecule has 2 atom stereocenters. The largest absolute Gasteiger partial charge is 0.459 e. The van der Waals surface area contributed by atoms with E-state index >= 15 is 0 Å². The number of carbonyl (C=O) groups excluding carboxylic acids is 2. The van der Waals surface area contributed by atoms with Crippen molar-refractivity contribution in [3.05, 3.63) is 35.4 Å². The summed E-state index contributed by atoms with van der Waals surface area (Å²) in [5, 5.41) is 0. The highest BCUT2D eigenvalue weighted by molar-refractivity contribution is 5.89. The zero-order valence-electron chi connectivity index (χ0n) is 22.3. The topological polar surface area (TPSA) is 71.1 Å². The molecule has 1 aliphatic rings. The molecule has 6 heteroatoms. The zero-order valence-corrected chi connectivity index (χ0v) is 22.3. The van der Waals surface area contributed by atoms with Crippen molar-refractivity contribution in [2.45, 2.75) is 117 Å². The van der Waals surface area contributed by atoms with Gasteiger partial charge >= 0.3 is 11.9 Å². The van der Waals surface area contributed by atoms with Gasteiger partial charge in [0, 0.05) is 17.9 Å². The molecule has 0 amide bonds. The van der Waals surface area contributed by atoms with Crippen LogP contribution in [0.15, 0.2) is 24.3 Å². The molecule has 0 spiro atoms. The lowest BCUT2D eigenvalue weighted by Crippen LogP contribution is -2.30. The summed E-state index contributed by atoms with van der Waals surface area (Å²) in [6, 6.07) is 7.11. The Morgan fingerprint density at radius 3 is 2.03 bits per heavy atom. The highest BCUT2D eigenvalue weighted by atomic mass is 16.7. The first-order valence-electron chi connectivity index (χ1n) is 13.7. The molecule has 0 bridgehead atoms. The highest BCUT2D eigenvalue weighted by Gasteiger charge is 2.24. The van der Waals surface area contributed by atoms with Gasteiger partial charge in [-0.15, -0.1) is 0 Å². The van der Waals surface area contributed by atoms with Crippen molar-refractivity contribution in [2.24, 2.45) is 5.92 Å². The number of rotatable bonds is 16. The number of unbranched alkanes of at least 4 members (excludes halogenated alkanes) is 7. The number of esters is 2. The van der Waals surface area contributed by atoms with Crippen molar-refractivity contribution < 1.29 is 28.5 Å². The van der Waals surface area contributed by atoms with Gasteiger partial charge in [-0.3, -0.25) is 4.79 Å². The molecule has 0 aromatic heterocycles. The van der Waals surface area contributed by atoms with Crippen LogP contribution in [0, 0.1) is 5.92 Å². The molecule has 2 unspecified atom stereocenters. The number of benzene rings is 1. The average molecular weight is 491 g/mol. The van der Waals surface area contributed by atoms with Gasteiger partial charge in [0.2, 0.25) is 0 Å². The van der Waals surface area contributed by atoms with Gasteiger partial charge in [0.1, 0.15) is 12.2 Å². The Kier molecular flexibility index (Phi) is 14.0. The van der Waals surface area contributed by atoms with Gasteiger partial charge in [0.15, 0.2) is 6.29 Å². The first kappa shape index (κ1) is 29.3. The van der Waals surface area contributed by atoms with Gasteiger partial charge in [0.25, 0.3) is 0 Å². The van der Waals surface area contributed by atoms with Crippen LogP contribution in [0.4, 0.5) is 0 Å². The Morgan fingerprint density at radius 2 is 1.40 bits per heavy atom. The number of hydrogen-bond donors (Lipinski definition) is 0. The van der Waals surface area contributed by atoms with Crippen LogP contribution in [-0.2, 0) is 23.7 Å². The molecule has 1 fully saturated rings. The van der Waals surface area contributed by atoms with Gasteiger partial charge in [0.05, 0.1) is 18.8 Å². The summed E-state index contributed by atoms with van der Waals surface area (Å²) in [6.45, 7) is 9.29. The van der Waals surface area contributed by atoms with Crippen molar-refractivity contribution in [3.63, 3.8) is 0 Å². The first-order chi connectivity index (χ1) is 16.9. The summed E-state index contributed by atoms with van der Waals surface area (Å²) in [7, 11) is 0. The van der Waals surface area contributed by atoms with E-state index in [-0.39, 0.29) is 5.97 Å². The lowest BCUT2D eigenvalue weighted by Gasteiger charge is -2.29. The lowest BCUT2D eigenvalue weighted by atomic mass is 10.0. The van der Waals surface area contributed by atoms with E-state index in [1.54, 1.807) is 26.0 Å². The maximum Gasteiger partial charge on any atom is 0.338 e. The number of hydrogen-bond acceptors (Lipinski definition) is 6. The molecular weight excluding hydrogens is 444 g/mol. The maximum atomic E-state index is 12.6. The van der Waals surface area contributed by atoms with Crippen LogP contribution in [0.25, 0.3) is 0 Å². The molecule has 1 heterocycles. The van der Waals surface area contributed by atoms with Crippen molar-refractivity contribution in [1.82, 2.24) is 0 Å². The summed E-state index contributed by atoms with van der Waals surface area (Å²) in [6.07, 6.45) is 10.5. The molecule has 1 aromatic rings. The minimum Gasteiger partial charge on any atom is -0.459 e. The molecule has 35 heavy (non-hydrogen) atoms. The molecule has 198 valence electrons. The highest BCUT2D eigenvalue weighted by Crippen LogP contribution is 2.27. The van der Waals surface area contributed by atoms with Gasteiger partial charge < -0.3 is 18.9 Å². The fraction of sp³-hybridized carbons (Fsp3) is 0.724. The molecule has 1 aliphatic heterocycles. The zero-order chi connectivity index (χ0) is 25.5. The molecule has 1 aromatic carbocycles. The van der Waals surface area contributed by atoms with Crippen LogP contribution in [0.1, 0.15) is 121 Å². The summed E-state index contributed by atoms with van der Waals surface area (Å²) in [5.74, 6) is -0.222. The molecule has 1 saturated heterocycles. The standard InChI is InChI=1S/C29H46O6/c1-5-7-9-10-11-12-13-15-27(30)34-22(3)23(4)35-28(31)25-16-18-26(19-17-25)29-32-20-24(21-33-29)14-8-6-2/h16-19,22-24,29H,5-15,20-21H2,1-4H3. The van der Waals surface area contributed by atoms with Crippen molar-refractivity contribution in [2.75, 3.05) is 13.2 Å². The molecular formula is C29H46O6. The fourth-order valence-corrected chi connectivity index (χ4v) is 4.09. The second kappa shape index (κ2) is 16.7. The first-order valence-corrected chi connectivity index (χ1v) is 13.7. The van der Waals surface area contributed by atoms with Gasteiger partial charge in [-0.2, -0.15) is 0 Å². The third-order valence-corrected chi connectivity index (χ3v) is 6.61. The molecule has 0 aliphatic carbocycles. The van der Waals surface area contributed by atoms with E-state index < -0.39 is 24.5 Å². The van der Waals surface area contributed by atoms with Crippen LogP contribution in [0.2, 0.25) is 0 Å². The van der Waals surface area contributed by atoms with Gasteiger partial charge in [-0.1, -0.05) is 77.3 Å². The van der Waals surface area contributed by atoms with E-state index in [0.29, 0.717) is 31.1 Å². The van der Waals surface area contributed by atoms with Crippen molar-refractivity contribution in [1.29, 1.82) is 0 Å². The van der Waals surface area contributed by atoms with E-state index in [0.717, 1.165) is 31.2 Å². The van der Waals surface area contributed by atoms with E-state index in [1.807, 2.05) is 12.1 Å². The van der Waals surface area contributed by atoms with E-state index in [2.05, 4.69) is 13.8 Å². The quantitative estimate of drug-likeness (QED) is 0.181. The monoisotopic (exact) mass is 490 g/mol. The summed E-state index contributed by atoms with van der Waals surface area (Å²) in [5.41, 5.74) is 1.33. The van der Waals surface area contributed by atoms with E-state index in [4.69, 9.17) is 18.9 Å². The van der Waals surface area contributed by atoms with Crippen LogP contribution < -0.4 is 0 Å². The Morgan fingerprint density at radius 1 is 0.829 bits per heavy atom. The third kappa shape index (κ3) is 11.1.